The Hall–Kier alpha value is -4.40. The van der Waals surface area contributed by atoms with E-state index in [9.17, 15) is 41.0 Å². The van der Waals surface area contributed by atoms with Crippen molar-refractivity contribution in [1.29, 1.82) is 0 Å². The fraction of sp³-hybridized carbons (Fsp3) is 0.357. The van der Waals surface area contributed by atoms with Crippen LogP contribution in [0, 0.1) is 0 Å². The summed E-state index contributed by atoms with van der Waals surface area (Å²) in [4.78, 5) is 35.2. The number of halogens is 6. The average Bonchev–Trinajstić information content (AvgIpc) is 3.16. The molecule has 3 aromatic rings. The topological polar surface area (TPSA) is 114 Å². The number of aryl methyl sites for hydroxylation is 1. The number of pyridine rings is 2. The van der Waals surface area contributed by atoms with E-state index < -0.39 is 41.0 Å². The zero-order valence-corrected chi connectivity index (χ0v) is 23.0. The van der Waals surface area contributed by atoms with Crippen LogP contribution in [0.3, 0.4) is 0 Å². The van der Waals surface area contributed by atoms with Crippen LogP contribution in [0.4, 0.5) is 31.1 Å². The molecule has 1 aromatic carbocycles. The maximum atomic E-state index is 13.4. The number of nitrogens with one attached hydrogen (secondary N) is 1. The van der Waals surface area contributed by atoms with E-state index in [0.717, 1.165) is 11.0 Å². The van der Waals surface area contributed by atoms with Gasteiger partial charge in [0.15, 0.2) is 0 Å². The molecule has 0 radical (unpaired) electrons. The van der Waals surface area contributed by atoms with Crippen molar-refractivity contribution >= 4 is 11.9 Å². The molecule has 9 nitrogen and oxygen atoms in total. The van der Waals surface area contributed by atoms with E-state index in [1.54, 1.807) is 13.0 Å². The minimum absolute atomic E-state index is 0.0109. The highest BCUT2D eigenvalue weighted by Gasteiger charge is 2.71. The summed E-state index contributed by atoms with van der Waals surface area (Å²) < 4.78 is 91.3. The second kappa shape index (κ2) is 11.4. The van der Waals surface area contributed by atoms with Crippen molar-refractivity contribution in [3.63, 3.8) is 0 Å². The number of amides is 3. The Bertz CT molecular complexity index is 1500. The molecule has 0 aliphatic carbocycles. The standard InChI is InChI=1S/C28H26F6N4O5/c1-4-5-16-12-17(26(41,27(29,30)31)28(32,33)34)6-8-21(16)43-20-10-11-35-19(13-20)15-38-23(39)25(2,37-24(38)40)18-7-9-22(42-3)36-14-18/h6-14,41H,4-5,15H2,1-3H3,(H,37,40). The zero-order chi connectivity index (χ0) is 31.8. The van der Waals surface area contributed by atoms with E-state index in [-0.39, 0.29) is 35.7 Å². The lowest BCUT2D eigenvalue weighted by Crippen LogP contribution is -2.53. The number of aliphatic hydroxyl groups is 1. The van der Waals surface area contributed by atoms with Crippen LogP contribution in [0.5, 0.6) is 17.4 Å². The molecule has 4 rings (SSSR count). The molecule has 1 aliphatic rings. The largest absolute Gasteiger partial charge is 0.481 e. The number of aromatic nitrogens is 2. The first-order valence-electron chi connectivity index (χ1n) is 12.8. The average molecular weight is 613 g/mol. The Morgan fingerprint density at radius 2 is 1.70 bits per heavy atom. The smallest absolute Gasteiger partial charge is 0.430 e. The lowest BCUT2D eigenvalue weighted by Gasteiger charge is -2.33. The van der Waals surface area contributed by atoms with E-state index >= 15 is 0 Å². The van der Waals surface area contributed by atoms with E-state index in [4.69, 9.17) is 9.47 Å². The summed E-state index contributed by atoms with van der Waals surface area (Å²) in [5.41, 5.74) is -7.29. The number of ether oxygens (including phenoxy) is 2. The van der Waals surface area contributed by atoms with Gasteiger partial charge in [-0.3, -0.25) is 14.7 Å². The second-order valence-corrected chi connectivity index (χ2v) is 9.90. The summed E-state index contributed by atoms with van der Waals surface area (Å²) in [6.07, 6.45) is -8.99. The van der Waals surface area contributed by atoms with Crippen molar-refractivity contribution in [2.75, 3.05) is 7.11 Å². The third-order valence-corrected chi connectivity index (χ3v) is 6.95. The van der Waals surface area contributed by atoms with Crippen LogP contribution in [0.15, 0.2) is 54.9 Å². The lowest BCUT2D eigenvalue weighted by molar-refractivity contribution is -0.376. The Morgan fingerprint density at radius 1 is 1.00 bits per heavy atom. The van der Waals surface area contributed by atoms with Gasteiger partial charge in [-0.2, -0.15) is 26.3 Å². The van der Waals surface area contributed by atoms with Crippen molar-refractivity contribution in [3.8, 4) is 17.4 Å². The Kier molecular flexibility index (Phi) is 8.33. The SMILES string of the molecule is CCCc1cc(C(O)(C(F)(F)F)C(F)(F)F)ccc1Oc1ccnc(CN2C(=O)NC(C)(c3ccc(OC)nc3)C2=O)c1. The van der Waals surface area contributed by atoms with Crippen molar-refractivity contribution in [1.82, 2.24) is 20.2 Å². The highest BCUT2D eigenvalue weighted by molar-refractivity contribution is 6.07. The van der Waals surface area contributed by atoms with Gasteiger partial charge in [-0.25, -0.2) is 9.78 Å². The van der Waals surface area contributed by atoms with Gasteiger partial charge in [0.25, 0.3) is 11.5 Å². The monoisotopic (exact) mass is 612 g/mol. The molecule has 2 aromatic heterocycles. The maximum absolute atomic E-state index is 13.4. The number of alkyl halides is 6. The number of carbonyl (C=O) groups is 2. The predicted octanol–water partition coefficient (Wildman–Crippen LogP) is 5.51. The molecule has 1 unspecified atom stereocenters. The molecule has 1 fully saturated rings. The molecular formula is C28H26F6N4O5. The summed E-state index contributed by atoms with van der Waals surface area (Å²) in [5, 5.41) is 12.4. The van der Waals surface area contributed by atoms with Crippen LogP contribution in [-0.2, 0) is 28.9 Å². The van der Waals surface area contributed by atoms with Crippen molar-refractivity contribution in [2.24, 2.45) is 0 Å². The summed E-state index contributed by atoms with van der Waals surface area (Å²) in [6, 6.07) is 7.21. The third kappa shape index (κ3) is 5.81. The molecule has 3 amide bonds. The molecule has 1 atom stereocenters. The van der Waals surface area contributed by atoms with Gasteiger partial charge in [0.1, 0.15) is 17.0 Å². The molecule has 15 heteroatoms. The minimum atomic E-state index is -6.03. The van der Waals surface area contributed by atoms with Gasteiger partial charge >= 0.3 is 18.4 Å². The first kappa shape index (κ1) is 31.5. The number of imide groups is 1. The summed E-state index contributed by atoms with van der Waals surface area (Å²) >= 11 is 0. The van der Waals surface area contributed by atoms with Crippen LogP contribution in [0.25, 0.3) is 0 Å². The van der Waals surface area contributed by atoms with Crippen molar-refractivity contribution in [3.05, 3.63) is 77.2 Å². The summed E-state index contributed by atoms with van der Waals surface area (Å²) in [7, 11) is 1.43. The van der Waals surface area contributed by atoms with Crippen LogP contribution in [0.2, 0.25) is 0 Å². The molecule has 230 valence electrons. The summed E-state index contributed by atoms with van der Waals surface area (Å²) in [6.45, 7) is 2.90. The number of nitrogens with zero attached hydrogens (tertiary/aromatic N) is 3. The van der Waals surface area contributed by atoms with Crippen LogP contribution in [-0.4, -0.2) is 51.4 Å². The zero-order valence-electron chi connectivity index (χ0n) is 23.0. The third-order valence-electron chi connectivity index (χ3n) is 6.95. The predicted molar refractivity (Wildman–Crippen MR) is 138 cm³/mol. The Morgan fingerprint density at radius 3 is 2.28 bits per heavy atom. The molecule has 2 N–H and O–H groups in total. The van der Waals surface area contributed by atoms with E-state index in [1.165, 1.54) is 44.6 Å². The highest BCUT2D eigenvalue weighted by atomic mass is 19.4. The minimum Gasteiger partial charge on any atom is -0.481 e. The van der Waals surface area contributed by atoms with Gasteiger partial charge < -0.3 is 19.9 Å². The highest BCUT2D eigenvalue weighted by Crippen LogP contribution is 2.50. The Labute approximate surface area is 241 Å². The molecule has 0 saturated carbocycles. The van der Waals surface area contributed by atoms with Gasteiger partial charge in [0, 0.05) is 35.7 Å². The van der Waals surface area contributed by atoms with Crippen LogP contribution >= 0.6 is 0 Å². The summed E-state index contributed by atoms with van der Waals surface area (Å²) in [5.74, 6) is -0.231. The second-order valence-electron chi connectivity index (χ2n) is 9.90. The van der Waals surface area contributed by atoms with Gasteiger partial charge in [-0.05, 0) is 43.2 Å². The number of hydrogen-bond acceptors (Lipinski definition) is 7. The molecule has 0 bridgehead atoms. The lowest BCUT2D eigenvalue weighted by atomic mass is 9.90. The number of rotatable bonds is 9. The molecule has 43 heavy (non-hydrogen) atoms. The number of hydrogen-bond donors (Lipinski definition) is 2. The normalized spacial score (nSPS) is 17.7. The quantitative estimate of drug-likeness (QED) is 0.242. The number of carbonyl (C=O) groups excluding carboxylic acids is 2. The molecule has 1 saturated heterocycles. The molecule has 3 heterocycles. The van der Waals surface area contributed by atoms with E-state index in [1.807, 2.05) is 0 Å². The molecular weight excluding hydrogens is 586 g/mol. The fourth-order valence-electron chi connectivity index (χ4n) is 4.58. The van der Waals surface area contributed by atoms with Gasteiger partial charge in [-0.1, -0.05) is 19.4 Å². The van der Waals surface area contributed by atoms with Gasteiger partial charge in [0.05, 0.1) is 19.3 Å². The van der Waals surface area contributed by atoms with Gasteiger partial charge in [0.2, 0.25) is 5.88 Å². The first-order valence-corrected chi connectivity index (χ1v) is 12.8. The van der Waals surface area contributed by atoms with Crippen molar-refractivity contribution in [2.45, 2.75) is 56.7 Å². The fourth-order valence-corrected chi connectivity index (χ4v) is 4.58. The van der Waals surface area contributed by atoms with Crippen molar-refractivity contribution < 1.29 is 50.5 Å². The number of methoxy groups -OCH3 is 1. The first-order chi connectivity index (χ1) is 20.0. The number of benzene rings is 1. The van der Waals surface area contributed by atoms with Crippen LogP contribution in [0.1, 0.15) is 42.7 Å². The number of urea groups is 1. The van der Waals surface area contributed by atoms with E-state index in [2.05, 4.69) is 15.3 Å². The van der Waals surface area contributed by atoms with E-state index in [0.29, 0.717) is 30.0 Å². The maximum Gasteiger partial charge on any atom is 0.430 e. The Balaban J connectivity index is 1.58. The van der Waals surface area contributed by atoms with Crippen LogP contribution < -0.4 is 14.8 Å². The van der Waals surface area contributed by atoms with Gasteiger partial charge in [-0.15, -0.1) is 0 Å². The molecule has 0 spiro atoms. The molecule has 1 aliphatic heterocycles.